The van der Waals surface area contributed by atoms with Gasteiger partial charge in [0.2, 0.25) is 0 Å². The molecule has 2 unspecified atom stereocenters. The summed E-state index contributed by atoms with van der Waals surface area (Å²) < 4.78 is 10.5. The fourth-order valence-electron chi connectivity index (χ4n) is 2.25. The van der Waals surface area contributed by atoms with Gasteiger partial charge in [0.25, 0.3) is 11.8 Å². The molecule has 0 radical (unpaired) electrons. The van der Waals surface area contributed by atoms with Crippen LogP contribution < -0.4 is 10.8 Å². The Kier molecular flexibility index (Phi) is 6.46. The molecule has 0 bridgehead atoms. The molecule has 2 atom stereocenters. The number of nitrogens with one attached hydrogen (secondary N) is 2. The number of hydroxylamine groups is 1. The Hall–Kier alpha value is -2.03. The van der Waals surface area contributed by atoms with Gasteiger partial charge < -0.3 is 5.32 Å². The summed E-state index contributed by atoms with van der Waals surface area (Å²) in [7, 11) is -1.50. The summed E-state index contributed by atoms with van der Waals surface area (Å²) in [6.45, 7) is 1.64. The van der Waals surface area contributed by atoms with Crippen molar-refractivity contribution in [3.63, 3.8) is 0 Å². The highest BCUT2D eigenvalue weighted by Gasteiger charge is 2.37. The molecule has 1 heterocycles. The van der Waals surface area contributed by atoms with E-state index in [1.54, 1.807) is 23.5 Å². The van der Waals surface area contributed by atoms with Crippen molar-refractivity contribution in [2.45, 2.75) is 18.1 Å². The van der Waals surface area contributed by atoms with Crippen molar-refractivity contribution in [2.75, 3.05) is 12.8 Å². The first-order chi connectivity index (χ1) is 11.9. The van der Waals surface area contributed by atoms with Gasteiger partial charge in [-0.2, -0.15) is 0 Å². The van der Waals surface area contributed by atoms with Gasteiger partial charge in [0.05, 0.1) is 0 Å². The number of hydrogen-bond donors (Lipinski definition) is 3. The first-order valence-corrected chi connectivity index (χ1v) is 10.0. The Morgan fingerprint density at radius 1 is 1.24 bits per heavy atom. The molecule has 1 aromatic heterocycles. The molecular weight excluding hydrogens is 360 g/mol. The Morgan fingerprint density at radius 3 is 2.44 bits per heavy atom. The van der Waals surface area contributed by atoms with E-state index in [2.05, 4.69) is 5.32 Å². The molecule has 2 rings (SSSR count). The molecule has 0 aliphatic carbocycles. The molecule has 1 aromatic carbocycles. The first-order valence-electron chi connectivity index (χ1n) is 7.58. The number of carbonyl (C=O) groups excluding carboxylic acids is 2. The van der Waals surface area contributed by atoms with Gasteiger partial charge in [-0.1, -0.05) is 18.2 Å². The van der Waals surface area contributed by atoms with Crippen molar-refractivity contribution < 1.29 is 19.0 Å². The Morgan fingerprint density at radius 2 is 1.92 bits per heavy atom. The van der Waals surface area contributed by atoms with Gasteiger partial charge in [0.1, 0.15) is 4.75 Å². The Balaban J connectivity index is 1.96. The minimum atomic E-state index is -1.50. The minimum Gasteiger partial charge on any atom is -0.352 e. The molecule has 25 heavy (non-hydrogen) atoms. The number of hydrogen-bond acceptors (Lipinski definition) is 5. The molecule has 0 aliphatic rings. The Bertz CT molecular complexity index is 759. The lowest BCUT2D eigenvalue weighted by molar-refractivity contribution is -0.131. The molecule has 0 saturated carbocycles. The normalized spacial score (nSPS) is 14.4. The van der Waals surface area contributed by atoms with E-state index >= 15 is 0 Å². The summed E-state index contributed by atoms with van der Waals surface area (Å²) in [5, 5.41) is 13.5. The molecule has 134 valence electrons. The summed E-state index contributed by atoms with van der Waals surface area (Å²) >= 11 is 1.63. The zero-order valence-corrected chi connectivity index (χ0v) is 15.6. The number of rotatable bonds is 7. The topological polar surface area (TPSA) is 95.5 Å². The smallest absolute Gasteiger partial charge is 0.261 e. The maximum absolute atomic E-state index is 12.2. The third-order valence-corrected chi connectivity index (χ3v) is 6.63. The molecule has 8 heteroatoms. The van der Waals surface area contributed by atoms with E-state index in [4.69, 9.17) is 5.21 Å². The van der Waals surface area contributed by atoms with Gasteiger partial charge in [-0.15, -0.1) is 11.3 Å². The quantitative estimate of drug-likeness (QED) is 0.507. The second kappa shape index (κ2) is 8.37. The van der Waals surface area contributed by atoms with E-state index in [1.165, 1.54) is 18.7 Å². The lowest BCUT2D eigenvalue weighted by atomic mass is 10.1. The summed E-state index contributed by atoms with van der Waals surface area (Å²) in [4.78, 5) is 25.0. The fourth-order valence-corrected chi connectivity index (χ4v) is 3.68. The van der Waals surface area contributed by atoms with E-state index in [-0.39, 0.29) is 18.9 Å². The van der Waals surface area contributed by atoms with Gasteiger partial charge in [-0.3, -0.25) is 19.0 Å². The highest BCUT2D eigenvalue weighted by Crippen LogP contribution is 2.24. The summed E-state index contributed by atoms with van der Waals surface area (Å²) in [6.07, 6.45) is 1.53. The van der Waals surface area contributed by atoms with E-state index in [0.717, 1.165) is 10.4 Å². The van der Waals surface area contributed by atoms with Crippen LogP contribution >= 0.6 is 11.3 Å². The van der Waals surface area contributed by atoms with E-state index in [1.807, 2.05) is 29.6 Å². The minimum absolute atomic E-state index is 0.140. The van der Waals surface area contributed by atoms with Crippen LogP contribution in [-0.4, -0.2) is 38.8 Å². The maximum atomic E-state index is 12.2. The van der Waals surface area contributed by atoms with Gasteiger partial charge in [0.15, 0.2) is 0 Å². The molecule has 2 amide bonds. The zero-order chi connectivity index (χ0) is 18.4. The predicted octanol–water partition coefficient (Wildman–Crippen LogP) is 2.18. The third-order valence-electron chi connectivity index (χ3n) is 4.06. The standard InChI is InChI=1S/C17H20N2O4S2/c1-17(25(2)23,16(21)19-22)9-10-18-15(20)13-7-5-12(6-8-13)14-4-3-11-24-14/h3-8,11,22H,9-10H2,1-2H3,(H,18,20)(H,19,21). The summed E-state index contributed by atoms with van der Waals surface area (Å²) in [6, 6.07) is 11.2. The number of amides is 2. The van der Waals surface area contributed by atoms with Crippen LogP contribution in [0.3, 0.4) is 0 Å². The Labute approximate surface area is 152 Å². The largest absolute Gasteiger partial charge is 0.352 e. The second-order valence-corrected chi connectivity index (χ2v) is 8.44. The van der Waals surface area contributed by atoms with E-state index in [0.29, 0.717) is 5.56 Å². The first kappa shape index (κ1) is 19.3. The van der Waals surface area contributed by atoms with Gasteiger partial charge >= 0.3 is 0 Å². The molecule has 3 N–H and O–H groups in total. The number of carbonyl (C=O) groups is 2. The number of benzene rings is 1. The lowest BCUT2D eigenvalue weighted by Crippen LogP contribution is -2.48. The fraction of sp³-hybridized carbons (Fsp3) is 0.294. The highest BCUT2D eigenvalue weighted by atomic mass is 32.2. The van der Waals surface area contributed by atoms with Crippen LogP contribution in [0.1, 0.15) is 23.7 Å². The van der Waals surface area contributed by atoms with Gasteiger partial charge in [0, 0.05) is 34.0 Å². The summed E-state index contributed by atoms with van der Waals surface area (Å²) in [5.74, 6) is -1.01. The van der Waals surface area contributed by atoms with Crippen LogP contribution in [0.2, 0.25) is 0 Å². The van der Waals surface area contributed by atoms with E-state index < -0.39 is 21.5 Å². The van der Waals surface area contributed by atoms with Crippen molar-refractivity contribution in [2.24, 2.45) is 0 Å². The molecular formula is C17H20N2O4S2. The second-order valence-electron chi connectivity index (χ2n) is 5.69. The monoisotopic (exact) mass is 380 g/mol. The van der Waals surface area contributed by atoms with Crippen molar-refractivity contribution in [3.8, 4) is 10.4 Å². The molecule has 0 spiro atoms. The molecule has 2 aromatic rings. The maximum Gasteiger partial charge on any atom is 0.261 e. The average Bonchev–Trinajstić information content (AvgIpc) is 3.15. The van der Waals surface area contributed by atoms with Crippen molar-refractivity contribution in [1.82, 2.24) is 10.8 Å². The SMILES string of the molecule is CS(=O)C(C)(CCNC(=O)c1ccc(-c2cccs2)cc1)C(=O)NO. The lowest BCUT2D eigenvalue weighted by Gasteiger charge is -2.24. The van der Waals surface area contributed by atoms with Gasteiger partial charge in [-0.25, -0.2) is 5.48 Å². The molecule has 0 fully saturated rings. The van der Waals surface area contributed by atoms with Crippen LogP contribution in [0.5, 0.6) is 0 Å². The van der Waals surface area contributed by atoms with Crippen LogP contribution in [0, 0.1) is 0 Å². The van der Waals surface area contributed by atoms with Crippen molar-refractivity contribution >= 4 is 34.0 Å². The highest BCUT2D eigenvalue weighted by molar-refractivity contribution is 7.86. The molecule has 0 saturated heterocycles. The van der Waals surface area contributed by atoms with E-state index in [9.17, 15) is 13.8 Å². The van der Waals surface area contributed by atoms with Crippen LogP contribution in [0.4, 0.5) is 0 Å². The number of thiophene rings is 1. The van der Waals surface area contributed by atoms with Crippen LogP contribution in [-0.2, 0) is 15.6 Å². The van der Waals surface area contributed by atoms with Gasteiger partial charge in [-0.05, 0) is 42.5 Å². The predicted molar refractivity (Wildman–Crippen MR) is 99.1 cm³/mol. The van der Waals surface area contributed by atoms with Crippen LogP contribution in [0.25, 0.3) is 10.4 Å². The van der Waals surface area contributed by atoms with Crippen molar-refractivity contribution in [3.05, 3.63) is 47.3 Å². The summed E-state index contributed by atoms with van der Waals surface area (Å²) in [5.41, 5.74) is 3.08. The molecule has 6 nitrogen and oxygen atoms in total. The average molecular weight is 380 g/mol. The van der Waals surface area contributed by atoms with Crippen molar-refractivity contribution in [1.29, 1.82) is 0 Å². The third kappa shape index (κ3) is 4.53. The zero-order valence-electron chi connectivity index (χ0n) is 13.9. The molecule has 0 aliphatic heterocycles. The van der Waals surface area contributed by atoms with Crippen LogP contribution in [0.15, 0.2) is 41.8 Å².